The molecule has 2 aromatic carbocycles. The Labute approximate surface area is 236 Å². The Morgan fingerprint density at radius 2 is 1.63 bits per heavy atom. The summed E-state index contributed by atoms with van der Waals surface area (Å²) in [5, 5.41) is 24.3. The average molecular weight is 597 g/mol. The number of nitro benzene ring substituents is 1. The molecule has 0 bridgehead atoms. The molecule has 0 aliphatic carbocycles. The molecule has 14 nitrogen and oxygen atoms in total. The van der Waals surface area contributed by atoms with Crippen LogP contribution in [0, 0.1) is 10.1 Å². The van der Waals surface area contributed by atoms with Crippen molar-refractivity contribution in [2.24, 2.45) is 0 Å². The highest BCUT2D eigenvalue weighted by molar-refractivity contribution is 7.86. The number of aliphatic hydroxyl groups excluding tert-OH is 1. The van der Waals surface area contributed by atoms with Gasteiger partial charge in [-0.05, 0) is 45.4 Å². The molecule has 0 saturated heterocycles. The van der Waals surface area contributed by atoms with Crippen molar-refractivity contribution in [3.63, 3.8) is 0 Å². The second-order valence-electron chi connectivity index (χ2n) is 9.57. The Morgan fingerprint density at radius 1 is 1.02 bits per heavy atom. The van der Waals surface area contributed by atoms with Gasteiger partial charge in [0.05, 0.1) is 28.9 Å². The van der Waals surface area contributed by atoms with E-state index in [1.54, 1.807) is 51.1 Å². The second-order valence-corrected chi connectivity index (χ2v) is 11.1. The molecule has 224 valence electrons. The van der Waals surface area contributed by atoms with Crippen LogP contribution in [0.25, 0.3) is 0 Å². The fraction of sp³-hybridized carbons (Fsp3) is 0.423. The highest BCUT2D eigenvalue weighted by Crippen LogP contribution is 2.22. The molecule has 15 heteroatoms. The molecular weight excluding hydrogens is 564 g/mol. The van der Waals surface area contributed by atoms with Crippen molar-refractivity contribution in [2.45, 2.75) is 69.5 Å². The number of nitrogens with zero attached hydrogens (tertiary/aromatic N) is 1. The lowest BCUT2D eigenvalue weighted by Gasteiger charge is -2.29. The first-order valence-electron chi connectivity index (χ1n) is 12.3. The summed E-state index contributed by atoms with van der Waals surface area (Å²) in [6, 6.07) is 10.5. The van der Waals surface area contributed by atoms with Gasteiger partial charge in [-0.15, -0.1) is 0 Å². The third kappa shape index (κ3) is 10.8. The number of amides is 1. The molecule has 0 saturated carbocycles. The van der Waals surface area contributed by atoms with Gasteiger partial charge < -0.3 is 24.6 Å². The Bertz CT molecular complexity index is 1310. The van der Waals surface area contributed by atoms with Crippen LogP contribution in [-0.2, 0) is 44.7 Å². The minimum atomic E-state index is -4.82. The number of non-ortho nitro benzene ring substituents is 1. The van der Waals surface area contributed by atoms with E-state index in [1.807, 2.05) is 0 Å². The Balaban J connectivity index is 2.34. The number of hydrogen-bond donors (Lipinski definition) is 2. The molecule has 0 aliphatic heterocycles. The monoisotopic (exact) mass is 596 g/mol. The van der Waals surface area contributed by atoms with Crippen molar-refractivity contribution in [1.82, 2.24) is 5.32 Å². The van der Waals surface area contributed by atoms with Crippen molar-refractivity contribution in [1.29, 1.82) is 0 Å². The smallest absolute Gasteiger partial charge is 0.407 e. The molecule has 2 N–H and O–H groups in total. The first kappa shape index (κ1) is 33.1. The first-order chi connectivity index (χ1) is 19.1. The number of nitro groups is 1. The summed E-state index contributed by atoms with van der Waals surface area (Å²) in [5.41, 5.74) is -0.716. The predicted molar refractivity (Wildman–Crippen MR) is 142 cm³/mol. The number of carbonyl (C=O) groups excluding carboxylic acids is 3. The quantitative estimate of drug-likeness (QED) is 0.113. The van der Waals surface area contributed by atoms with Crippen LogP contribution in [0.3, 0.4) is 0 Å². The van der Waals surface area contributed by atoms with E-state index in [-0.39, 0.29) is 13.2 Å². The van der Waals surface area contributed by atoms with Crippen molar-refractivity contribution in [3.05, 3.63) is 70.3 Å². The molecule has 0 spiro atoms. The molecule has 0 heterocycles. The van der Waals surface area contributed by atoms with E-state index in [2.05, 4.69) is 5.32 Å². The lowest BCUT2D eigenvalue weighted by molar-refractivity contribution is -0.384. The molecule has 0 fully saturated rings. The van der Waals surface area contributed by atoms with E-state index in [1.165, 1.54) is 6.92 Å². The van der Waals surface area contributed by atoms with Crippen molar-refractivity contribution < 1.29 is 51.2 Å². The third-order valence-electron chi connectivity index (χ3n) is 5.13. The number of ether oxygens (including phenoxy) is 3. The second kappa shape index (κ2) is 14.5. The van der Waals surface area contributed by atoms with Gasteiger partial charge >= 0.3 is 18.0 Å². The van der Waals surface area contributed by atoms with Gasteiger partial charge in [-0.25, -0.2) is 13.8 Å². The van der Waals surface area contributed by atoms with E-state index in [0.717, 1.165) is 24.3 Å². The predicted octanol–water partition coefficient (Wildman–Crippen LogP) is 2.62. The van der Waals surface area contributed by atoms with Crippen molar-refractivity contribution >= 4 is 33.8 Å². The minimum Gasteiger partial charge on any atom is -0.464 e. The van der Waals surface area contributed by atoms with Crippen LogP contribution in [0.15, 0.2) is 59.5 Å². The number of carbonyl (C=O) groups is 3. The summed E-state index contributed by atoms with van der Waals surface area (Å²) in [4.78, 5) is 47.5. The third-order valence-corrected chi connectivity index (χ3v) is 6.44. The summed E-state index contributed by atoms with van der Waals surface area (Å²) in [6.07, 6.45) is -6.24. The average Bonchev–Trinajstić information content (AvgIpc) is 2.89. The Morgan fingerprint density at radius 3 is 2.17 bits per heavy atom. The minimum absolute atomic E-state index is 0.172. The van der Waals surface area contributed by atoms with Crippen LogP contribution < -0.4 is 5.32 Å². The number of benzene rings is 2. The first-order valence-corrected chi connectivity index (χ1v) is 13.7. The maximum Gasteiger partial charge on any atom is 0.407 e. The van der Waals surface area contributed by atoms with Crippen LogP contribution >= 0.6 is 0 Å². The largest absolute Gasteiger partial charge is 0.464 e. The highest BCUT2D eigenvalue weighted by Gasteiger charge is 2.41. The fourth-order valence-corrected chi connectivity index (χ4v) is 4.38. The number of nitrogens with one attached hydrogen (secondary N) is 1. The fourth-order valence-electron chi connectivity index (χ4n) is 3.33. The number of alkyl carbamates (subject to hydrolysis) is 1. The van der Waals surface area contributed by atoms with Gasteiger partial charge in [0.1, 0.15) is 18.3 Å². The summed E-state index contributed by atoms with van der Waals surface area (Å²) < 4.78 is 46.1. The van der Waals surface area contributed by atoms with Gasteiger partial charge in [-0.1, -0.05) is 30.3 Å². The normalized spacial score (nSPS) is 13.8. The van der Waals surface area contributed by atoms with E-state index in [9.17, 15) is 38.0 Å². The topological polar surface area (TPSA) is 198 Å². The van der Waals surface area contributed by atoms with Crippen LogP contribution in [-0.4, -0.2) is 66.9 Å². The van der Waals surface area contributed by atoms with E-state index in [4.69, 9.17) is 18.4 Å². The molecule has 3 atom stereocenters. The van der Waals surface area contributed by atoms with Crippen LogP contribution in [0.5, 0.6) is 0 Å². The van der Waals surface area contributed by atoms with Crippen molar-refractivity contribution in [2.75, 3.05) is 6.61 Å². The molecule has 2 aromatic rings. The van der Waals surface area contributed by atoms with Gasteiger partial charge in [-0.3, -0.25) is 14.9 Å². The maximum atomic E-state index is 12.9. The molecule has 0 aliphatic rings. The number of hydrogen-bond acceptors (Lipinski definition) is 12. The van der Waals surface area contributed by atoms with Gasteiger partial charge in [0.2, 0.25) is 6.10 Å². The lowest BCUT2D eigenvalue weighted by atomic mass is 10.0. The molecule has 0 aromatic heterocycles. The molecule has 0 radical (unpaired) electrons. The van der Waals surface area contributed by atoms with Crippen LogP contribution in [0.1, 0.15) is 39.7 Å². The van der Waals surface area contributed by atoms with E-state index in [0.29, 0.717) is 5.56 Å². The summed E-state index contributed by atoms with van der Waals surface area (Å²) >= 11 is 0. The van der Waals surface area contributed by atoms with Gasteiger partial charge in [0, 0.05) is 12.1 Å². The zero-order valence-corrected chi connectivity index (χ0v) is 23.7. The molecule has 0 unspecified atom stereocenters. The molecule has 1 amide bonds. The highest BCUT2D eigenvalue weighted by atomic mass is 32.2. The van der Waals surface area contributed by atoms with E-state index < -0.39 is 73.9 Å². The van der Waals surface area contributed by atoms with Gasteiger partial charge in [-0.2, -0.15) is 8.42 Å². The summed E-state index contributed by atoms with van der Waals surface area (Å²) in [6.45, 7) is 5.77. The molecular formula is C26H32N2O12S. The number of aliphatic hydroxyl groups is 1. The number of rotatable bonds is 13. The van der Waals surface area contributed by atoms with E-state index >= 15 is 0 Å². The standard InChI is InChI=1S/C26H32N2O12S/c1-5-37-24(31)23(40-41(35,36)19-13-11-18(12-14-19)28(33)34)22(30)20(15-21(29)39-26(2,3)4)27-25(32)38-16-17-9-7-6-8-10-17/h6-14,20,22-23,30H,5,15-16H2,1-4H3,(H,27,32)/t20-,22-,23-/m0/s1. The maximum absolute atomic E-state index is 12.9. The zero-order chi connectivity index (χ0) is 30.8. The molecule has 41 heavy (non-hydrogen) atoms. The van der Waals surface area contributed by atoms with Crippen LogP contribution in [0.4, 0.5) is 10.5 Å². The Kier molecular flexibility index (Phi) is 11.7. The zero-order valence-electron chi connectivity index (χ0n) is 22.8. The van der Waals surface area contributed by atoms with Crippen molar-refractivity contribution in [3.8, 4) is 0 Å². The SMILES string of the molecule is CCOC(=O)[C@@H](OS(=O)(=O)c1ccc([N+](=O)[O-])cc1)[C@@H](O)[C@H](CC(=O)OC(C)(C)C)NC(=O)OCc1ccccc1. The van der Waals surface area contributed by atoms with Gasteiger partial charge in [0.25, 0.3) is 15.8 Å². The number of esters is 2. The Hall–Kier alpha value is -4.08. The lowest BCUT2D eigenvalue weighted by Crippen LogP contribution is -2.53. The summed E-state index contributed by atoms with van der Waals surface area (Å²) in [5.74, 6) is -2.22. The van der Waals surface area contributed by atoms with Crippen LogP contribution in [0.2, 0.25) is 0 Å². The van der Waals surface area contributed by atoms with Gasteiger partial charge in [0.15, 0.2) is 0 Å². The summed E-state index contributed by atoms with van der Waals surface area (Å²) in [7, 11) is -4.82. The molecule has 2 rings (SSSR count).